The summed E-state index contributed by atoms with van der Waals surface area (Å²) in [7, 11) is 0. The summed E-state index contributed by atoms with van der Waals surface area (Å²) in [4.78, 5) is 4.70. The van der Waals surface area contributed by atoms with Gasteiger partial charge in [0.1, 0.15) is 5.75 Å². The predicted molar refractivity (Wildman–Crippen MR) is 102 cm³/mol. The molecule has 0 spiro atoms. The molecule has 0 radical (unpaired) electrons. The van der Waals surface area contributed by atoms with Crippen molar-refractivity contribution in [1.29, 1.82) is 0 Å². The van der Waals surface area contributed by atoms with Gasteiger partial charge in [-0.2, -0.15) is 0 Å². The van der Waals surface area contributed by atoms with Crippen molar-refractivity contribution in [3.05, 3.63) is 65.7 Å². The minimum Gasteiger partial charge on any atom is -0.493 e. The first-order chi connectivity index (χ1) is 11.7. The van der Waals surface area contributed by atoms with E-state index in [2.05, 4.69) is 28.5 Å². The molecule has 1 heterocycles. The van der Waals surface area contributed by atoms with Gasteiger partial charge in [0.05, 0.1) is 6.61 Å². The largest absolute Gasteiger partial charge is 0.493 e. The van der Waals surface area contributed by atoms with E-state index in [0.717, 1.165) is 48.2 Å². The van der Waals surface area contributed by atoms with E-state index >= 15 is 0 Å². The van der Waals surface area contributed by atoms with Gasteiger partial charge in [0, 0.05) is 48.1 Å². The Morgan fingerprint density at radius 3 is 2.54 bits per heavy atom. The van der Waals surface area contributed by atoms with Crippen LogP contribution >= 0.6 is 11.6 Å². The molecule has 3 rings (SSSR count). The first kappa shape index (κ1) is 16.7. The molecule has 0 bridgehead atoms. The Kier molecular flexibility index (Phi) is 5.31. The highest BCUT2D eigenvalue weighted by molar-refractivity contribution is 6.30. The van der Waals surface area contributed by atoms with Crippen molar-refractivity contribution < 1.29 is 4.74 Å². The Morgan fingerprint density at radius 2 is 1.83 bits per heavy atom. The molecular weight excluding hydrogens is 320 g/mol. The summed E-state index contributed by atoms with van der Waals surface area (Å²) in [6.07, 6.45) is 0. The van der Waals surface area contributed by atoms with Gasteiger partial charge in [0.25, 0.3) is 0 Å². The van der Waals surface area contributed by atoms with Crippen LogP contribution in [0.15, 0.2) is 55.1 Å². The average molecular weight is 343 g/mol. The van der Waals surface area contributed by atoms with Crippen LogP contribution in [0.5, 0.6) is 5.75 Å². The number of ether oxygens (including phenoxy) is 1. The first-order valence-electron chi connectivity index (χ1n) is 8.35. The van der Waals surface area contributed by atoms with Crippen molar-refractivity contribution in [3.8, 4) is 5.75 Å². The Balaban J connectivity index is 1.67. The number of anilines is 1. The van der Waals surface area contributed by atoms with Crippen LogP contribution in [0.4, 0.5) is 5.69 Å². The lowest BCUT2D eigenvalue weighted by molar-refractivity contribution is 0.333. The minimum absolute atomic E-state index is 0.660. The summed E-state index contributed by atoms with van der Waals surface area (Å²) in [5.41, 5.74) is 3.29. The molecule has 0 N–H and O–H groups in total. The van der Waals surface area contributed by atoms with Crippen LogP contribution in [0.3, 0.4) is 0 Å². The molecular formula is C20H23ClN2O. The van der Waals surface area contributed by atoms with Gasteiger partial charge >= 0.3 is 0 Å². The van der Waals surface area contributed by atoms with Gasteiger partial charge in [0.15, 0.2) is 0 Å². The second-order valence-corrected chi connectivity index (χ2v) is 6.27. The molecule has 4 heteroatoms. The van der Waals surface area contributed by atoms with Crippen LogP contribution in [0.25, 0.3) is 5.70 Å². The Morgan fingerprint density at radius 1 is 1.08 bits per heavy atom. The molecule has 0 aromatic heterocycles. The van der Waals surface area contributed by atoms with E-state index < -0.39 is 0 Å². The second-order valence-electron chi connectivity index (χ2n) is 5.83. The van der Waals surface area contributed by atoms with E-state index in [1.54, 1.807) is 0 Å². The minimum atomic E-state index is 0.660. The molecule has 1 saturated heterocycles. The first-order valence-corrected chi connectivity index (χ1v) is 8.73. The van der Waals surface area contributed by atoms with Crippen molar-refractivity contribution in [2.75, 3.05) is 37.7 Å². The standard InChI is InChI=1S/C20H23ClN2O/c1-3-24-20-10-5-4-9-19(20)16(2)22-11-13-23(14-12-22)18-8-6-7-17(21)15-18/h4-10,15H,2-3,11-14H2,1H3. The molecule has 2 aromatic carbocycles. The highest BCUT2D eigenvalue weighted by Gasteiger charge is 2.20. The fourth-order valence-electron chi connectivity index (χ4n) is 3.06. The molecule has 0 saturated carbocycles. The number of piperazine rings is 1. The highest BCUT2D eigenvalue weighted by atomic mass is 35.5. The lowest BCUT2D eigenvalue weighted by atomic mass is 10.1. The lowest BCUT2D eigenvalue weighted by Crippen LogP contribution is -2.45. The number of rotatable bonds is 5. The fraction of sp³-hybridized carbons (Fsp3) is 0.300. The summed E-state index contributed by atoms with van der Waals surface area (Å²) in [5, 5.41) is 0.782. The van der Waals surface area contributed by atoms with Crippen LogP contribution in [-0.4, -0.2) is 37.7 Å². The third kappa shape index (κ3) is 3.68. The lowest BCUT2D eigenvalue weighted by Gasteiger charge is -2.38. The van der Waals surface area contributed by atoms with E-state index in [9.17, 15) is 0 Å². The quantitative estimate of drug-likeness (QED) is 0.793. The molecule has 0 aliphatic carbocycles. The normalized spacial score (nSPS) is 14.6. The van der Waals surface area contributed by atoms with E-state index in [1.807, 2.05) is 43.3 Å². The number of para-hydroxylation sites is 1. The van der Waals surface area contributed by atoms with Crippen molar-refractivity contribution in [1.82, 2.24) is 4.90 Å². The molecule has 3 nitrogen and oxygen atoms in total. The summed E-state index contributed by atoms with van der Waals surface area (Å²) in [6, 6.07) is 16.2. The molecule has 1 aliphatic heterocycles. The molecule has 24 heavy (non-hydrogen) atoms. The zero-order valence-corrected chi connectivity index (χ0v) is 14.8. The molecule has 126 valence electrons. The number of nitrogens with zero attached hydrogens (tertiary/aromatic N) is 2. The summed E-state index contributed by atoms with van der Waals surface area (Å²) in [6.45, 7) is 10.8. The van der Waals surface area contributed by atoms with Crippen LogP contribution in [0.2, 0.25) is 5.02 Å². The Labute approximate surface area is 149 Å². The van der Waals surface area contributed by atoms with Crippen molar-refractivity contribution >= 4 is 23.0 Å². The van der Waals surface area contributed by atoms with Crippen molar-refractivity contribution in [3.63, 3.8) is 0 Å². The third-order valence-electron chi connectivity index (χ3n) is 4.33. The molecule has 0 atom stereocenters. The summed E-state index contributed by atoms with van der Waals surface area (Å²) >= 11 is 6.11. The third-order valence-corrected chi connectivity index (χ3v) is 4.57. The Bertz CT molecular complexity index is 708. The van der Waals surface area contributed by atoms with Crippen LogP contribution in [0.1, 0.15) is 12.5 Å². The van der Waals surface area contributed by atoms with Crippen LogP contribution in [0, 0.1) is 0 Å². The molecule has 0 amide bonds. The Hall–Kier alpha value is -2.13. The van der Waals surface area contributed by atoms with Crippen LogP contribution in [-0.2, 0) is 0 Å². The van der Waals surface area contributed by atoms with Crippen molar-refractivity contribution in [2.24, 2.45) is 0 Å². The number of benzene rings is 2. The number of hydrogen-bond acceptors (Lipinski definition) is 3. The maximum Gasteiger partial charge on any atom is 0.128 e. The number of hydrogen-bond donors (Lipinski definition) is 0. The maximum absolute atomic E-state index is 6.11. The fourth-order valence-corrected chi connectivity index (χ4v) is 3.25. The van der Waals surface area contributed by atoms with Gasteiger partial charge in [-0.1, -0.05) is 36.4 Å². The van der Waals surface area contributed by atoms with Gasteiger partial charge in [-0.25, -0.2) is 0 Å². The van der Waals surface area contributed by atoms with Crippen molar-refractivity contribution in [2.45, 2.75) is 6.92 Å². The zero-order valence-electron chi connectivity index (χ0n) is 14.0. The molecule has 0 unspecified atom stereocenters. The zero-order chi connectivity index (χ0) is 16.9. The van der Waals surface area contributed by atoms with Gasteiger partial charge in [-0.15, -0.1) is 0 Å². The second kappa shape index (κ2) is 7.63. The van der Waals surface area contributed by atoms with E-state index in [-0.39, 0.29) is 0 Å². The smallest absolute Gasteiger partial charge is 0.128 e. The number of halogens is 1. The van der Waals surface area contributed by atoms with Crippen LogP contribution < -0.4 is 9.64 Å². The topological polar surface area (TPSA) is 15.7 Å². The van der Waals surface area contributed by atoms with Gasteiger partial charge in [0.2, 0.25) is 0 Å². The highest BCUT2D eigenvalue weighted by Crippen LogP contribution is 2.29. The van der Waals surface area contributed by atoms with Gasteiger partial charge in [-0.05, 0) is 37.3 Å². The molecule has 1 fully saturated rings. The summed E-state index contributed by atoms with van der Waals surface area (Å²) < 4.78 is 5.74. The van der Waals surface area contributed by atoms with E-state index in [0.29, 0.717) is 6.61 Å². The SMILES string of the molecule is C=C(c1ccccc1OCC)N1CCN(c2cccc(Cl)c2)CC1. The predicted octanol–water partition coefficient (Wildman–Crippen LogP) is 4.53. The molecule has 1 aliphatic rings. The average Bonchev–Trinajstić information content (AvgIpc) is 2.62. The molecule has 2 aromatic rings. The monoisotopic (exact) mass is 342 g/mol. The van der Waals surface area contributed by atoms with E-state index in [4.69, 9.17) is 16.3 Å². The maximum atomic E-state index is 6.11. The van der Waals surface area contributed by atoms with Gasteiger partial charge in [-0.3, -0.25) is 0 Å². The van der Waals surface area contributed by atoms with Gasteiger partial charge < -0.3 is 14.5 Å². The summed E-state index contributed by atoms with van der Waals surface area (Å²) in [5.74, 6) is 0.905. The van der Waals surface area contributed by atoms with E-state index in [1.165, 1.54) is 5.69 Å².